The van der Waals surface area contributed by atoms with Gasteiger partial charge in [0.2, 0.25) is 10.0 Å². The number of thiophene rings is 1. The predicted molar refractivity (Wildman–Crippen MR) is 82.9 cm³/mol. The average molecular weight is 323 g/mol. The van der Waals surface area contributed by atoms with E-state index in [9.17, 15) is 13.5 Å². The Balaban J connectivity index is 1.78. The quantitative estimate of drug-likeness (QED) is 0.888. The molecule has 2 N–H and O–H groups in total. The zero-order valence-corrected chi connectivity index (χ0v) is 13.2. The molecule has 1 heterocycles. The number of aryl methyl sites for hydroxylation is 1. The second kappa shape index (κ2) is 5.53. The summed E-state index contributed by atoms with van der Waals surface area (Å²) in [6.45, 7) is 1.51. The molecule has 1 aliphatic rings. The molecule has 1 fully saturated rings. The van der Waals surface area contributed by atoms with E-state index in [4.69, 9.17) is 0 Å². The standard InChI is InChI=1S/C15H17NO3S2/c1-10-9-20-14(8-17)15(10)21(18,19)16-13-7-12(13)11-5-3-2-4-6-11/h2-6,9,12-13,16-17H,7-8H2,1H3. The highest BCUT2D eigenvalue weighted by Crippen LogP contribution is 2.42. The lowest BCUT2D eigenvalue weighted by atomic mass is 10.1. The lowest BCUT2D eigenvalue weighted by Gasteiger charge is -2.08. The fourth-order valence-corrected chi connectivity index (χ4v) is 5.56. The van der Waals surface area contributed by atoms with Crippen LogP contribution in [0.1, 0.15) is 28.3 Å². The summed E-state index contributed by atoms with van der Waals surface area (Å²) in [5, 5.41) is 11.1. The van der Waals surface area contributed by atoms with E-state index in [1.165, 1.54) is 11.3 Å². The van der Waals surface area contributed by atoms with E-state index in [1.807, 2.05) is 30.3 Å². The second-order valence-corrected chi connectivity index (χ2v) is 7.92. The minimum absolute atomic E-state index is 0.0526. The van der Waals surface area contributed by atoms with Crippen LogP contribution >= 0.6 is 11.3 Å². The molecule has 1 aromatic carbocycles. The SMILES string of the molecule is Cc1csc(CO)c1S(=O)(=O)NC1CC1c1ccccc1. The van der Waals surface area contributed by atoms with Crippen molar-refractivity contribution in [2.75, 3.05) is 0 Å². The first-order valence-electron chi connectivity index (χ1n) is 6.78. The molecular formula is C15H17NO3S2. The van der Waals surface area contributed by atoms with Gasteiger partial charge in [-0.25, -0.2) is 13.1 Å². The highest BCUT2D eigenvalue weighted by Gasteiger charge is 2.41. The van der Waals surface area contributed by atoms with E-state index in [0.717, 1.165) is 12.0 Å². The largest absolute Gasteiger partial charge is 0.391 e. The van der Waals surface area contributed by atoms with Gasteiger partial charge in [-0.05, 0) is 29.9 Å². The van der Waals surface area contributed by atoms with Crippen LogP contribution < -0.4 is 4.72 Å². The minimum atomic E-state index is -3.57. The molecule has 6 heteroatoms. The molecular weight excluding hydrogens is 306 g/mol. The van der Waals surface area contributed by atoms with Crippen molar-refractivity contribution in [1.29, 1.82) is 0 Å². The van der Waals surface area contributed by atoms with Gasteiger partial charge in [0, 0.05) is 12.0 Å². The molecule has 1 saturated carbocycles. The maximum Gasteiger partial charge on any atom is 0.242 e. The first-order chi connectivity index (χ1) is 10.0. The van der Waals surface area contributed by atoms with Gasteiger partial charge >= 0.3 is 0 Å². The third-order valence-corrected chi connectivity index (χ3v) is 6.66. The molecule has 21 heavy (non-hydrogen) atoms. The molecule has 0 spiro atoms. The van der Waals surface area contributed by atoms with Crippen LogP contribution in [0.4, 0.5) is 0 Å². The summed E-state index contributed by atoms with van der Waals surface area (Å²) in [4.78, 5) is 0.741. The second-order valence-electron chi connectivity index (χ2n) is 5.31. The van der Waals surface area contributed by atoms with Crippen molar-refractivity contribution in [3.05, 3.63) is 51.7 Å². The lowest BCUT2D eigenvalue weighted by molar-refractivity contribution is 0.282. The summed E-state index contributed by atoms with van der Waals surface area (Å²) in [5.74, 6) is 0.248. The van der Waals surface area contributed by atoms with Crippen LogP contribution in [0.3, 0.4) is 0 Å². The number of aliphatic hydroxyl groups excluding tert-OH is 1. The van der Waals surface area contributed by atoms with Gasteiger partial charge < -0.3 is 5.11 Å². The summed E-state index contributed by atoms with van der Waals surface area (Å²) < 4.78 is 27.8. The Kier molecular flexibility index (Phi) is 3.88. The first-order valence-corrected chi connectivity index (χ1v) is 9.14. The molecule has 2 atom stereocenters. The Morgan fingerprint density at radius 3 is 2.71 bits per heavy atom. The van der Waals surface area contributed by atoms with Crippen LogP contribution in [0.2, 0.25) is 0 Å². The minimum Gasteiger partial charge on any atom is -0.391 e. The van der Waals surface area contributed by atoms with E-state index in [-0.39, 0.29) is 23.5 Å². The molecule has 2 aromatic rings. The molecule has 112 valence electrons. The summed E-state index contributed by atoms with van der Waals surface area (Å²) in [6, 6.07) is 9.87. The van der Waals surface area contributed by atoms with Gasteiger partial charge in [-0.1, -0.05) is 30.3 Å². The monoisotopic (exact) mass is 323 g/mol. The smallest absolute Gasteiger partial charge is 0.242 e. The molecule has 2 unspecified atom stereocenters. The van der Waals surface area contributed by atoms with Crippen molar-refractivity contribution >= 4 is 21.4 Å². The van der Waals surface area contributed by atoms with Crippen LogP contribution in [0.15, 0.2) is 40.6 Å². The van der Waals surface area contributed by atoms with E-state index >= 15 is 0 Å². The Morgan fingerprint density at radius 2 is 2.05 bits per heavy atom. The fourth-order valence-electron chi connectivity index (χ4n) is 2.61. The lowest BCUT2D eigenvalue weighted by Crippen LogP contribution is -2.27. The van der Waals surface area contributed by atoms with Gasteiger partial charge in [0.25, 0.3) is 0 Å². The fraction of sp³-hybridized carbons (Fsp3) is 0.333. The Morgan fingerprint density at radius 1 is 1.33 bits per heavy atom. The van der Waals surface area contributed by atoms with Crippen molar-refractivity contribution in [1.82, 2.24) is 4.72 Å². The number of sulfonamides is 1. The van der Waals surface area contributed by atoms with Gasteiger partial charge in [-0.2, -0.15) is 0 Å². The average Bonchev–Trinajstić information content (AvgIpc) is 3.10. The van der Waals surface area contributed by atoms with Crippen LogP contribution in [0.5, 0.6) is 0 Å². The van der Waals surface area contributed by atoms with Gasteiger partial charge in [-0.3, -0.25) is 0 Å². The van der Waals surface area contributed by atoms with E-state index < -0.39 is 10.0 Å². The summed E-state index contributed by atoms with van der Waals surface area (Å²) >= 11 is 1.28. The van der Waals surface area contributed by atoms with Crippen LogP contribution in [-0.2, 0) is 16.6 Å². The third-order valence-electron chi connectivity index (χ3n) is 3.73. The summed E-state index contributed by atoms with van der Waals surface area (Å²) in [6.07, 6.45) is 0.820. The molecule has 0 aliphatic heterocycles. The van der Waals surface area contributed by atoms with Crippen LogP contribution in [-0.4, -0.2) is 19.6 Å². The maximum atomic E-state index is 12.5. The van der Waals surface area contributed by atoms with E-state index in [0.29, 0.717) is 10.4 Å². The topological polar surface area (TPSA) is 66.4 Å². The summed E-state index contributed by atoms with van der Waals surface area (Å²) in [7, 11) is -3.57. The zero-order valence-electron chi connectivity index (χ0n) is 11.6. The van der Waals surface area contributed by atoms with Crippen molar-refractivity contribution in [2.24, 2.45) is 0 Å². The van der Waals surface area contributed by atoms with Crippen molar-refractivity contribution in [3.8, 4) is 0 Å². The van der Waals surface area contributed by atoms with Crippen molar-refractivity contribution in [2.45, 2.75) is 36.8 Å². The molecule has 0 bridgehead atoms. The number of aliphatic hydroxyl groups is 1. The van der Waals surface area contributed by atoms with E-state index in [2.05, 4.69) is 4.72 Å². The van der Waals surface area contributed by atoms with Crippen LogP contribution in [0.25, 0.3) is 0 Å². The van der Waals surface area contributed by atoms with E-state index in [1.54, 1.807) is 12.3 Å². The molecule has 4 nitrogen and oxygen atoms in total. The van der Waals surface area contributed by atoms with Crippen LogP contribution in [0, 0.1) is 6.92 Å². The summed E-state index contributed by atoms with van der Waals surface area (Å²) in [5.41, 5.74) is 1.85. The number of hydrogen-bond donors (Lipinski definition) is 2. The maximum absolute atomic E-state index is 12.5. The van der Waals surface area contributed by atoms with Crippen molar-refractivity contribution < 1.29 is 13.5 Å². The van der Waals surface area contributed by atoms with Gasteiger partial charge in [0.1, 0.15) is 4.90 Å². The molecule has 0 saturated heterocycles. The number of benzene rings is 1. The Bertz CT molecular complexity index is 738. The molecule has 1 aromatic heterocycles. The molecule has 3 rings (SSSR count). The number of nitrogens with one attached hydrogen (secondary N) is 1. The van der Waals surface area contributed by atoms with Crippen molar-refractivity contribution in [3.63, 3.8) is 0 Å². The van der Waals surface area contributed by atoms with Gasteiger partial charge in [0.05, 0.1) is 11.5 Å². The zero-order chi connectivity index (χ0) is 15.0. The first kappa shape index (κ1) is 14.7. The van der Waals surface area contributed by atoms with Gasteiger partial charge in [-0.15, -0.1) is 11.3 Å². The number of rotatable bonds is 5. The third kappa shape index (κ3) is 2.89. The molecule has 0 radical (unpaired) electrons. The Labute approximate surface area is 128 Å². The normalized spacial score (nSPS) is 21.4. The predicted octanol–water partition coefficient (Wildman–Crippen LogP) is 2.38. The van der Waals surface area contributed by atoms with Gasteiger partial charge in [0.15, 0.2) is 0 Å². The Hall–Kier alpha value is -1.21. The highest BCUT2D eigenvalue weighted by atomic mass is 32.2. The number of hydrogen-bond acceptors (Lipinski definition) is 4. The molecule has 0 amide bonds. The highest BCUT2D eigenvalue weighted by molar-refractivity contribution is 7.89. The molecule has 1 aliphatic carbocycles.